The second-order valence-electron chi connectivity index (χ2n) is 10.6. The summed E-state index contributed by atoms with van der Waals surface area (Å²) in [5, 5.41) is 0. The summed E-state index contributed by atoms with van der Waals surface area (Å²) in [5.74, 6) is 0. The van der Waals surface area contributed by atoms with E-state index < -0.39 is 7.26 Å². The van der Waals surface area contributed by atoms with Gasteiger partial charge < -0.3 is 24.0 Å². The average Bonchev–Trinajstić information content (AvgIpc) is 2.77. The molecule has 0 bridgehead atoms. The molecule has 0 atom stereocenters. The Morgan fingerprint density at radius 1 is 0.281 bits per heavy atom. The van der Waals surface area contributed by atoms with Crippen molar-refractivity contribution in [2.24, 2.45) is 0 Å². The molecule has 0 aromatic heterocycles. The summed E-state index contributed by atoms with van der Waals surface area (Å²) in [5.41, 5.74) is 0. The summed E-state index contributed by atoms with van der Waals surface area (Å²) in [6, 6.07) is 0. The van der Waals surface area contributed by atoms with Gasteiger partial charge in [-0.15, -0.1) is 0 Å². The average molecular weight is 583 g/mol. The summed E-state index contributed by atoms with van der Waals surface area (Å²) >= 11 is 0. The summed E-state index contributed by atoms with van der Waals surface area (Å²) in [6.45, 7) is 9.52. The van der Waals surface area contributed by atoms with E-state index >= 15 is 0 Å². The van der Waals surface area contributed by atoms with Crippen molar-refractivity contribution in [3.63, 3.8) is 0 Å². The second-order valence-corrected chi connectivity index (χ2v) is 15.1. The van der Waals surface area contributed by atoms with Gasteiger partial charge in [0.05, 0.1) is 24.6 Å². The number of hydrogen-bond donors (Lipinski definition) is 0. The molecule has 0 fully saturated rings. The number of halogens is 1. The van der Waals surface area contributed by atoms with Crippen LogP contribution in [0.15, 0.2) is 0 Å². The first-order valence-electron chi connectivity index (χ1n) is 15.1. The lowest BCUT2D eigenvalue weighted by atomic mass is 10.1. The van der Waals surface area contributed by atoms with Crippen molar-refractivity contribution in [1.82, 2.24) is 0 Å². The Labute approximate surface area is 224 Å². The van der Waals surface area contributed by atoms with Crippen LogP contribution in [-0.4, -0.2) is 24.6 Å². The molecule has 0 radical (unpaired) electrons. The Morgan fingerprint density at radius 2 is 0.531 bits per heavy atom. The molecule has 0 saturated carbocycles. The van der Waals surface area contributed by atoms with E-state index in [9.17, 15) is 0 Å². The fourth-order valence-electron chi connectivity index (χ4n) is 5.49. The van der Waals surface area contributed by atoms with Gasteiger partial charge in [-0.2, -0.15) is 0 Å². The molecular formula is C30H64IP. The highest BCUT2D eigenvalue weighted by Crippen LogP contribution is 2.61. The van der Waals surface area contributed by atoms with E-state index in [2.05, 4.69) is 27.7 Å². The quantitative estimate of drug-likeness (QED) is 0.0544. The highest BCUT2D eigenvalue weighted by Gasteiger charge is 2.33. The molecular weight excluding hydrogens is 518 g/mol. The van der Waals surface area contributed by atoms with Crippen LogP contribution < -0.4 is 24.0 Å². The first-order valence-corrected chi connectivity index (χ1v) is 17.6. The minimum atomic E-state index is -0.644. The van der Waals surface area contributed by atoms with Gasteiger partial charge in [0.2, 0.25) is 0 Å². The molecule has 0 amide bonds. The maximum absolute atomic E-state index is 2.45. The normalized spacial score (nSPS) is 11.6. The molecule has 196 valence electrons. The van der Waals surface area contributed by atoms with Gasteiger partial charge in [0.15, 0.2) is 0 Å². The SMILES string of the molecule is CCCCCCCCCCCC[P+](CCC)(CCC)CCCCCCCCCCCC.[I-]. The largest absolute Gasteiger partial charge is 1.00 e. The molecule has 0 N–H and O–H groups in total. The van der Waals surface area contributed by atoms with Crippen LogP contribution in [0.3, 0.4) is 0 Å². The topological polar surface area (TPSA) is 0 Å². The molecule has 0 heterocycles. The number of unbranched alkanes of at least 4 members (excludes halogenated alkanes) is 18. The summed E-state index contributed by atoms with van der Waals surface area (Å²) < 4.78 is 0. The van der Waals surface area contributed by atoms with E-state index in [1.54, 1.807) is 37.5 Å². The van der Waals surface area contributed by atoms with Crippen molar-refractivity contribution in [3.8, 4) is 0 Å². The van der Waals surface area contributed by atoms with E-state index in [-0.39, 0.29) is 24.0 Å². The highest BCUT2D eigenvalue weighted by atomic mass is 127. The number of rotatable bonds is 26. The Kier molecular flexibility index (Phi) is 31.3. The van der Waals surface area contributed by atoms with Crippen LogP contribution in [0.5, 0.6) is 0 Å². The van der Waals surface area contributed by atoms with Crippen molar-refractivity contribution in [1.29, 1.82) is 0 Å². The molecule has 2 heteroatoms. The Balaban J connectivity index is 0. The zero-order chi connectivity index (χ0) is 22.9. The third-order valence-corrected chi connectivity index (χ3v) is 12.7. The Bertz CT molecular complexity index is 299. The fraction of sp³-hybridized carbons (Fsp3) is 1.00. The van der Waals surface area contributed by atoms with Crippen molar-refractivity contribution in [2.45, 2.75) is 169 Å². The smallest absolute Gasteiger partial charge is 0.0594 e. The van der Waals surface area contributed by atoms with Crippen LogP contribution in [0.1, 0.15) is 169 Å². The van der Waals surface area contributed by atoms with Crippen LogP contribution >= 0.6 is 7.26 Å². The summed E-state index contributed by atoms with van der Waals surface area (Å²) in [4.78, 5) is 0. The maximum atomic E-state index is 2.45. The van der Waals surface area contributed by atoms with Crippen LogP contribution in [0.4, 0.5) is 0 Å². The second kappa shape index (κ2) is 28.4. The van der Waals surface area contributed by atoms with E-state index in [4.69, 9.17) is 0 Å². The van der Waals surface area contributed by atoms with Crippen molar-refractivity contribution in [2.75, 3.05) is 24.6 Å². The maximum Gasteiger partial charge on any atom is 0.0594 e. The first kappa shape index (κ1) is 35.3. The molecule has 0 rings (SSSR count). The van der Waals surface area contributed by atoms with E-state index in [1.807, 2.05) is 0 Å². The zero-order valence-electron chi connectivity index (χ0n) is 23.2. The highest BCUT2D eigenvalue weighted by molar-refractivity contribution is 7.75. The Hall–Kier alpha value is 1.16. The molecule has 32 heavy (non-hydrogen) atoms. The standard InChI is InChI=1S/C30H64P.HI/c1-5-9-11-13-15-17-19-21-23-25-29-31(27-7-3,28-8-4)30-26-24-22-20-18-16-14-12-10-6-2;/h5-30H2,1-4H3;1H/q+1;/p-1. The third-order valence-electron chi connectivity index (χ3n) is 7.37. The fourth-order valence-corrected chi connectivity index (χ4v) is 10.5. The lowest BCUT2D eigenvalue weighted by Crippen LogP contribution is -3.00. The van der Waals surface area contributed by atoms with Gasteiger partial charge in [-0.05, 0) is 38.5 Å². The van der Waals surface area contributed by atoms with Gasteiger partial charge in [0.1, 0.15) is 0 Å². The molecule has 0 aliphatic heterocycles. The molecule has 0 aliphatic carbocycles. The molecule has 0 spiro atoms. The Morgan fingerprint density at radius 3 is 0.781 bits per heavy atom. The van der Waals surface area contributed by atoms with Gasteiger partial charge in [-0.1, -0.05) is 130 Å². The minimum Gasteiger partial charge on any atom is -1.00 e. The monoisotopic (exact) mass is 582 g/mol. The van der Waals surface area contributed by atoms with Gasteiger partial charge >= 0.3 is 0 Å². The molecule has 0 aliphatic rings. The van der Waals surface area contributed by atoms with E-state index in [1.165, 1.54) is 128 Å². The number of hydrogen-bond acceptors (Lipinski definition) is 0. The summed E-state index contributed by atoms with van der Waals surface area (Å²) in [7, 11) is -0.644. The van der Waals surface area contributed by atoms with Crippen molar-refractivity contribution < 1.29 is 24.0 Å². The van der Waals surface area contributed by atoms with E-state index in [0.717, 1.165) is 0 Å². The first-order chi connectivity index (χ1) is 15.2. The van der Waals surface area contributed by atoms with Crippen LogP contribution in [-0.2, 0) is 0 Å². The molecule has 0 aromatic carbocycles. The van der Waals surface area contributed by atoms with Gasteiger partial charge in [0, 0.05) is 7.26 Å². The predicted molar refractivity (Wildman–Crippen MR) is 151 cm³/mol. The van der Waals surface area contributed by atoms with Gasteiger partial charge in [-0.3, -0.25) is 0 Å². The van der Waals surface area contributed by atoms with Crippen LogP contribution in [0.2, 0.25) is 0 Å². The molecule has 0 nitrogen and oxygen atoms in total. The lowest BCUT2D eigenvalue weighted by molar-refractivity contribution is -0.00000713. The van der Waals surface area contributed by atoms with E-state index in [0.29, 0.717) is 0 Å². The molecule has 0 unspecified atom stereocenters. The van der Waals surface area contributed by atoms with Crippen LogP contribution in [0, 0.1) is 0 Å². The van der Waals surface area contributed by atoms with Crippen molar-refractivity contribution in [3.05, 3.63) is 0 Å². The van der Waals surface area contributed by atoms with Gasteiger partial charge in [0.25, 0.3) is 0 Å². The predicted octanol–water partition coefficient (Wildman–Crippen LogP) is 8.67. The summed E-state index contributed by atoms with van der Waals surface area (Å²) in [6.07, 6.45) is 38.9. The van der Waals surface area contributed by atoms with Crippen LogP contribution in [0.25, 0.3) is 0 Å². The lowest BCUT2D eigenvalue weighted by Gasteiger charge is -2.27. The molecule has 0 aromatic rings. The molecule has 0 saturated heterocycles. The van der Waals surface area contributed by atoms with Crippen molar-refractivity contribution >= 4 is 7.26 Å². The third kappa shape index (κ3) is 22.9. The van der Waals surface area contributed by atoms with Gasteiger partial charge in [-0.25, -0.2) is 0 Å². The minimum absolute atomic E-state index is 0. The zero-order valence-corrected chi connectivity index (χ0v) is 26.3.